The Morgan fingerprint density at radius 1 is 1.23 bits per heavy atom. The topological polar surface area (TPSA) is 79.8 Å². The molecule has 0 N–H and O–H groups in total. The van der Waals surface area contributed by atoms with Gasteiger partial charge >= 0.3 is 0 Å². The molecule has 0 spiro atoms. The predicted molar refractivity (Wildman–Crippen MR) is 143 cm³/mol. The van der Waals surface area contributed by atoms with Crippen LogP contribution < -0.4 is 4.90 Å². The van der Waals surface area contributed by atoms with Crippen LogP contribution in [0.3, 0.4) is 0 Å². The SMILES string of the molecule is CCCCN(C)S(=O)(=O)c1ccc(C(=O)N(CC2CCCO2)c2nc3c(SC)cccc3s2)cc1. The number of carbonyl (C=O) groups excluding carboxylic acids is 1. The average molecular weight is 534 g/mol. The molecule has 1 fully saturated rings. The van der Waals surface area contributed by atoms with Crippen LogP contribution in [-0.2, 0) is 14.8 Å². The molecule has 1 aromatic heterocycles. The first-order valence-electron chi connectivity index (χ1n) is 11.8. The van der Waals surface area contributed by atoms with Crippen molar-refractivity contribution in [1.29, 1.82) is 0 Å². The van der Waals surface area contributed by atoms with Crippen LogP contribution in [0.2, 0.25) is 0 Å². The molecule has 188 valence electrons. The van der Waals surface area contributed by atoms with Crippen LogP contribution >= 0.6 is 23.1 Å². The normalized spacial score (nSPS) is 16.3. The van der Waals surface area contributed by atoms with E-state index in [9.17, 15) is 13.2 Å². The first kappa shape index (κ1) is 26.1. The van der Waals surface area contributed by atoms with Gasteiger partial charge in [-0.15, -0.1) is 11.8 Å². The van der Waals surface area contributed by atoms with Crippen LogP contribution in [-0.4, -0.2) is 62.7 Å². The van der Waals surface area contributed by atoms with Gasteiger partial charge in [-0.25, -0.2) is 17.7 Å². The van der Waals surface area contributed by atoms with Crippen molar-refractivity contribution in [3.63, 3.8) is 0 Å². The third-order valence-electron chi connectivity index (χ3n) is 6.11. The van der Waals surface area contributed by atoms with Crippen LogP contribution in [0.1, 0.15) is 43.0 Å². The fraction of sp³-hybridized carbons (Fsp3) is 0.440. The monoisotopic (exact) mass is 533 g/mol. The van der Waals surface area contributed by atoms with Crippen LogP contribution in [0.5, 0.6) is 0 Å². The highest BCUT2D eigenvalue weighted by atomic mass is 32.2. The first-order valence-corrected chi connectivity index (χ1v) is 15.3. The zero-order chi connectivity index (χ0) is 25.0. The number of para-hydroxylation sites is 1. The van der Waals surface area contributed by atoms with Gasteiger partial charge < -0.3 is 4.74 Å². The lowest BCUT2D eigenvalue weighted by molar-refractivity contribution is 0.0917. The average Bonchev–Trinajstić information content (AvgIpc) is 3.55. The van der Waals surface area contributed by atoms with Crippen LogP contribution in [0, 0.1) is 0 Å². The molecule has 3 aromatic rings. The Hall–Kier alpha value is -1.98. The van der Waals surface area contributed by atoms with E-state index in [0.717, 1.165) is 40.8 Å². The summed E-state index contributed by atoms with van der Waals surface area (Å²) in [7, 11) is -2.01. The molecular weight excluding hydrogens is 502 g/mol. The summed E-state index contributed by atoms with van der Waals surface area (Å²) < 4.78 is 33.9. The van der Waals surface area contributed by atoms with E-state index >= 15 is 0 Å². The second-order valence-electron chi connectivity index (χ2n) is 8.56. The van der Waals surface area contributed by atoms with E-state index in [1.165, 1.54) is 27.8 Å². The second kappa shape index (κ2) is 11.4. The predicted octanol–water partition coefficient (Wildman–Crippen LogP) is 5.26. The maximum absolute atomic E-state index is 13.7. The third-order valence-corrected chi connectivity index (χ3v) is 9.80. The minimum atomic E-state index is -3.59. The number of fused-ring (bicyclic) bond motifs is 1. The lowest BCUT2D eigenvalue weighted by Gasteiger charge is -2.23. The smallest absolute Gasteiger partial charge is 0.260 e. The van der Waals surface area contributed by atoms with Crippen molar-refractivity contribution < 1.29 is 17.9 Å². The van der Waals surface area contributed by atoms with E-state index in [2.05, 4.69) is 0 Å². The van der Waals surface area contributed by atoms with Crippen molar-refractivity contribution in [2.75, 3.05) is 37.9 Å². The molecule has 10 heteroatoms. The van der Waals surface area contributed by atoms with Crippen LogP contribution in [0.4, 0.5) is 5.13 Å². The molecule has 1 atom stereocenters. The number of hydrogen-bond acceptors (Lipinski definition) is 7. The molecule has 35 heavy (non-hydrogen) atoms. The minimum Gasteiger partial charge on any atom is -0.376 e. The number of carbonyl (C=O) groups is 1. The van der Waals surface area contributed by atoms with E-state index in [0.29, 0.717) is 30.4 Å². The molecular formula is C25H31N3O4S3. The number of rotatable bonds is 10. The van der Waals surface area contributed by atoms with Crippen molar-refractivity contribution in [1.82, 2.24) is 9.29 Å². The lowest BCUT2D eigenvalue weighted by Crippen LogP contribution is -2.37. The Kier molecular flexibility index (Phi) is 8.49. The minimum absolute atomic E-state index is 0.0437. The number of aromatic nitrogens is 1. The summed E-state index contributed by atoms with van der Waals surface area (Å²) >= 11 is 3.11. The Labute approximate surface area is 215 Å². The number of ether oxygens (including phenoxy) is 1. The Balaban J connectivity index is 1.63. The molecule has 2 heterocycles. The van der Waals surface area contributed by atoms with Crippen molar-refractivity contribution in [2.24, 2.45) is 0 Å². The van der Waals surface area contributed by atoms with Gasteiger partial charge in [-0.3, -0.25) is 9.69 Å². The summed E-state index contributed by atoms with van der Waals surface area (Å²) in [5.41, 5.74) is 1.31. The fourth-order valence-corrected chi connectivity index (χ4v) is 6.88. The number of hydrogen-bond donors (Lipinski definition) is 0. The van der Waals surface area contributed by atoms with E-state index in [1.807, 2.05) is 31.4 Å². The Bertz CT molecular complexity index is 1270. The van der Waals surface area contributed by atoms with Gasteiger partial charge in [0.25, 0.3) is 5.91 Å². The molecule has 0 bridgehead atoms. The molecule has 7 nitrogen and oxygen atoms in total. The highest BCUT2D eigenvalue weighted by molar-refractivity contribution is 7.98. The lowest BCUT2D eigenvalue weighted by atomic mass is 10.2. The van der Waals surface area contributed by atoms with Crippen molar-refractivity contribution in [3.05, 3.63) is 48.0 Å². The summed E-state index contributed by atoms with van der Waals surface area (Å²) in [5.74, 6) is -0.214. The molecule has 1 aliphatic rings. The van der Waals surface area contributed by atoms with Gasteiger partial charge in [0.15, 0.2) is 5.13 Å². The zero-order valence-corrected chi connectivity index (χ0v) is 22.7. The third kappa shape index (κ3) is 5.72. The summed E-state index contributed by atoms with van der Waals surface area (Å²) in [6, 6.07) is 12.2. The Morgan fingerprint density at radius 2 is 2.00 bits per heavy atom. The standard InChI is InChI=1S/C25H31N3O4S3/c1-4-5-15-27(2)35(30,31)20-13-11-18(12-14-20)24(29)28(17-19-8-7-16-32-19)25-26-23-21(33-3)9-6-10-22(23)34-25/h6,9-14,19H,4-5,7-8,15-17H2,1-3H3. The van der Waals surface area contributed by atoms with E-state index in [1.54, 1.807) is 35.8 Å². The summed E-state index contributed by atoms with van der Waals surface area (Å²) in [5, 5.41) is 0.623. The molecule has 4 rings (SSSR count). The second-order valence-corrected chi connectivity index (χ2v) is 12.5. The highest BCUT2D eigenvalue weighted by Gasteiger charge is 2.28. The number of unbranched alkanes of at least 4 members (excludes halogenated alkanes) is 1. The van der Waals surface area contributed by atoms with Crippen molar-refractivity contribution in [3.8, 4) is 0 Å². The number of amides is 1. The fourth-order valence-electron chi connectivity index (χ4n) is 4.04. The largest absolute Gasteiger partial charge is 0.376 e. The van der Waals surface area contributed by atoms with Crippen LogP contribution in [0.25, 0.3) is 10.2 Å². The molecule has 1 amide bonds. The number of thiazole rings is 1. The number of anilines is 1. The number of thioether (sulfide) groups is 1. The molecule has 2 aromatic carbocycles. The molecule has 1 unspecified atom stereocenters. The molecule has 1 saturated heterocycles. The van der Waals surface area contributed by atoms with Gasteiger partial charge in [0.1, 0.15) is 0 Å². The van der Waals surface area contributed by atoms with Gasteiger partial charge in [0.2, 0.25) is 10.0 Å². The van der Waals surface area contributed by atoms with E-state index < -0.39 is 10.0 Å². The maximum Gasteiger partial charge on any atom is 0.260 e. The summed E-state index contributed by atoms with van der Waals surface area (Å²) in [6.07, 6.45) is 5.55. The quantitative estimate of drug-likeness (QED) is 0.331. The molecule has 0 aliphatic carbocycles. The molecule has 0 radical (unpaired) electrons. The van der Waals surface area contributed by atoms with E-state index in [-0.39, 0.29) is 16.9 Å². The molecule has 0 saturated carbocycles. The number of nitrogens with zero attached hydrogens (tertiary/aromatic N) is 3. The molecule has 1 aliphatic heterocycles. The summed E-state index contributed by atoms with van der Waals surface area (Å²) in [6.45, 7) is 3.59. The van der Waals surface area contributed by atoms with Crippen LogP contribution in [0.15, 0.2) is 52.3 Å². The van der Waals surface area contributed by atoms with Crippen molar-refractivity contribution >= 4 is 54.4 Å². The van der Waals surface area contributed by atoms with Gasteiger partial charge in [-0.2, -0.15) is 0 Å². The zero-order valence-electron chi connectivity index (χ0n) is 20.3. The number of benzene rings is 2. The van der Waals surface area contributed by atoms with Gasteiger partial charge in [0, 0.05) is 30.7 Å². The Morgan fingerprint density at radius 3 is 2.66 bits per heavy atom. The van der Waals surface area contributed by atoms with Crippen molar-refractivity contribution in [2.45, 2.75) is 48.5 Å². The number of sulfonamides is 1. The van der Waals surface area contributed by atoms with E-state index in [4.69, 9.17) is 9.72 Å². The maximum atomic E-state index is 13.7. The summed E-state index contributed by atoms with van der Waals surface area (Å²) in [4.78, 5) is 21.4. The highest BCUT2D eigenvalue weighted by Crippen LogP contribution is 2.35. The van der Waals surface area contributed by atoms with Gasteiger partial charge in [-0.05, 0) is 61.9 Å². The van der Waals surface area contributed by atoms with Gasteiger partial charge in [0.05, 0.1) is 27.8 Å². The van der Waals surface area contributed by atoms with Gasteiger partial charge in [-0.1, -0.05) is 30.7 Å². The first-order chi connectivity index (χ1) is 16.8.